The Morgan fingerprint density at radius 2 is 2.30 bits per heavy atom. The Kier molecular flexibility index (Phi) is 1.28. The van der Waals surface area contributed by atoms with Gasteiger partial charge >= 0.3 is 5.84 Å². The van der Waals surface area contributed by atoms with Crippen molar-refractivity contribution in [2.75, 3.05) is 0 Å². The number of nitro groups is 1. The lowest BCUT2D eigenvalue weighted by Crippen LogP contribution is -2.13. The van der Waals surface area contributed by atoms with Crippen LogP contribution in [0.4, 0.5) is 0 Å². The first-order valence-electron chi connectivity index (χ1n) is 2.81. The zero-order valence-corrected chi connectivity index (χ0v) is 5.74. The van der Waals surface area contributed by atoms with Crippen LogP contribution >= 0.6 is 0 Å². The number of nitrogens with zero attached hydrogens (tertiary/aromatic N) is 3. The summed E-state index contributed by atoms with van der Waals surface area (Å²) in [4.78, 5) is 17.0. The van der Waals surface area contributed by atoms with Crippen LogP contribution in [0, 0.1) is 10.1 Å². The summed E-state index contributed by atoms with van der Waals surface area (Å²) in [6.07, 6.45) is 1.18. The average Bonchev–Trinajstić information content (AvgIpc) is 2.10. The Balaban J connectivity index is 2.88. The van der Waals surface area contributed by atoms with Crippen molar-refractivity contribution < 1.29 is 4.92 Å². The molecule has 1 aliphatic heterocycles. The van der Waals surface area contributed by atoms with Crippen LogP contribution in [0.3, 0.4) is 0 Å². The molecule has 0 amide bonds. The Bertz CT molecular complexity index is 229. The Labute approximate surface area is 57.6 Å². The summed E-state index contributed by atoms with van der Waals surface area (Å²) < 4.78 is 0. The molecule has 0 unspecified atom stereocenters. The smallest absolute Gasteiger partial charge is 0.358 e. The molecule has 0 aromatic heterocycles. The van der Waals surface area contributed by atoms with Crippen molar-refractivity contribution >= 4 is 12.1 Å². The molecule has 0 N–H and O–H groups in total. The molecule has 5 nitrogen and oxygen atoms in total. The van der Waals surface area contributed by atoms with Gasteiger partial charge < -0.3 is 10.1 Å². The molecule has 1 rings (SSSR count). The van der Waals surface area contributed by atoms with E-state index in [-0.39, 0.29) is 5.84 Å². The van der Waals surface area contributed by atoms with Crippen LogP contribution in [0.15, 0.2) is 9.98 Å². The fourth-order valence-electron chi connectivity index (χ4n) is 0.642. The van der Waals surface area contributed by atoms with Crippen molar-refractivity contribution in [3.8, 4) is 0 Å². The lowest BCUT2D eigenvalue weighted by Gasteiger charge is -1.98. The summed E-state index contributed by atoms with van der Waals surface area (Å²) >= 11 is 0. The molecule has 1 aliphatic rings. The van der Waals surface area contributed by atoms with Gasteiger partial charge in [0.25, 0.3) is 0 Å². The van der Waals surface area contributed by atoms with E-state index in [1.165, 1.54) is 6.21 Å². The maximum atomic E-state index is 10.1. The quantitative estimate of drug-likeness (QED) is 0.363. The minimum Gasteiger partial charge on any atom is -0.358 e. The highest BCUT2D eigenvalue weighted by molar-refractivity contribution is 6.26. The summed E-state index contributed by atoms with van der Waals surface area (Å²) in [6, 6.07) is 0. The molecule has 1 heterocycles. The number of hydrogen-bond donors (Lipinski definition) is 0. The maximum Gasteiger partial charge on any atom is 0.378 e. The Morgan fingerprint density at radius 3 is 2.50 bits per heavy atom. The summed E-state index contributed by atoms with van der Waals surface area (Å²) in [5, 5.41) is 10.1. The van der Waals surface area contributed by atoms with Crippen LogP contribution in [0.2, 0.25) is 0 Å². The molecule has 0 atom stereocenters. The van der Waals surface area contributed by atoms with Crippen molar-refractivity contribution in [1.29, 1.82) is 0 Å². The van der Waals surface area contributed by atoms with Crippen molar-refractivity contribution in [1.82, 2.24) is 0 Å². The summed E-state index contributed by atoms with van der Waals surface area (Å²) in [7, 11) is 0. The molecule has 0 aliphatic carbocycles. The Hall–Kier alpha value is -1.26. The van der Waals surface area contributed by atoms with Crippen molar-refractivity contribution in [2.24, 2.45) is 9.98 Å². The van der Waals surface area contributed by atoms with Crippen LogP contribution in [0.25, 0.3) is 0 Å². The van der Waals surface area contributed by atoms with Gasteiger partial charge in [0.05, 0.1) is 0 Å². The average molecular weight is 141 g/mol. The van der Waals surface area contributed by atoms with Gasteiger partial charge in [0, 0.05) is 13.8 Å². The molecule has 0 aromatic rings. The SMILES string of the molecule is CC1(C)N=CC([N+](=O)[O-])=N1. The van der Waals surface area contributed by atoms with Crippen LogP contribution in [0.5, 0.6) is 0 Å². The fourth-order valence-corrected chi connectivity index (χ4v) is 0.642. The standard InChI is InChI=1S/C5H7N3O2/c1-5(2)6-3-4(7-5)8(9)10/h3H,1-2H3. The Morgan fingerprint density at radius 1 is 1.70 bits per heavy atom. The highest BCUT2D eigenvalue weighted by Crippen LogP contribution is 2.14. The topological polar surface area (TPSA) is 67.9 Å². The van der Waals surface area contributed by atoms with Crippen LogP contribution in [0.1, 0.15) is 13.8 Å². The highest BCUT2D eigenvalue weighted by Gasteiger charge is 2.30. The van der Waals surface area contributed by atoms with Crippen molar-refractivity contribution in [3.63, 3.8) is 0 Å². The molecular formula is C5H7N3O2. The van der Waals surface area contributed by atoms with Crippen LogP contribution in [-0.4, -0.2) is 22.6 Å². The minimum absolute atomic E-state index is 0.162. The molecule has 0 fully saturated rings. The van der Waals surface area contributed by atoms with E-state index in [1.807, 2.05) is 0 Å². The molecule has 0 radical (unpaired) electrons. The first-order chi connectivity index (χ1) is 4.51. The highest BCUT2D eigenvalue weighted by atomic mass is 16.6. The van der Waals surface area contributed by atoms with E-state index in [0.29, 0.717) is 0 Å². The van der Waals surface area contributed by atoms with Crippen molar-refractivity contribution in [2.45, 2.75) is 19.5 Å². The van der Waals surface area contributed by atoms with Gasteiger partial charge in [0.2, 0.25) is 5.66 Å². The van der Waals surface area contributed by atoms with Gasteiger partial charge in [-0.05, 0) is 9.92 Å². The van der Waals surface area contributed by atoms with Gasteiger partial charge in [-0.25, -0.2) is 4.99 Å². The summed E-state index contributed by atoms with van der Waals surface area (Å²) in [5.41, 5.74) is -0.637. The minimum atomic E-state index is -0.637. The van der Waals surface area contributed by atoms with E-state index in [0.717, 1.165) is 0 Å². The third-order valence-electron chi connectivity index (χ3n) is 1.07. The molecule has 0 bridgehead atoms. The third kappa shape index (κ3) is 1.18. The first-order valence-corrected chi connectivity index (χ1v) is 2.81. The third-order valence-corrected chi connectivity index (χ3v) is 1.07. The van der Waals surface area contributed by atoms with E-state index < -0.39 is 10.6 Å². The van der Waals surface area contributed by atoms with Gasteiger partial charge in [0.1, 0.15) is 6.21 Å². The van der Waals surface area contributed by atoms with E-state index in [2.05, 4.69) is 9.98 Å². The second-order valence-electron chi connectivity index (χ2n) is 2.48. The molecule has 54 valence electrons. The van der Waals surface area contributed by atoms with Crippen LogP contribution < -0.4 is 0 Å². The van der Waals surface area contributed by atoms with E-state index >= 15 is 0 Å². The normalized spacial score (nSPS) is 20.8. The molecule has 0 aromatic carbocycles. The van der Waals surface area contributed by atoms with Gasteiger partial charge in [-0.3, -0.25) is 0 Å². The second-order valence-corrected chi connectivity index (χ2v) is 2.48. The molecule has 0 saturated carbocycles. The monoisotopic (exact) mass is 141 g/mol. The van der Waals surface area contributed by atoms with Crippen molar-refractivity contribution in [3.05, 3.63) is 10.1 Å². The molecule has 5 heteroatoms. The fraction of sp³-hybridized carbons (Fsp3) is 0.600. The van der Waals surface area contributed by atoms with Gasteiger partial charge in [-0.15, -0.1) is 0 Å². The summed E-state index contributed by atoms with van der Waals surface area (Å²) in [5.74, 6) is -0.162. The predicted molar refractivity (Wildman–Crippen MR) is 37.0 cm³/mol. The number of hydrogen-bond acceptors (Lipinski definition) is 4. The molecule has 0 spiro atoms. The first kappa shape index (κ1) is 6.85. The molecular weight excluding hydrogens is 134 g/mol. The van der Waals surface area contributed by atoms with Crippen LogP contribution in [-0.2, 0) is 0 Å². The van der Waals surface area contributed by atoms with Gasteiger partial charge in [0.15, 0.2) is 0 Å². The number of aliphatic imine (C=N–C) groups is 2. The lowest BCUT2D eigenvalue weighted by atomic mass is 10.3. The molecule has 0 saturated heterocycles. The zero-order chi connectivity index (χ0) is 7.78. The van der Waals surface area contributed by atoms with E-state index in [9.17, 15) is 10.1 Å². The maximum absolute atomic E-state index is 10.1. The summed E-state index contributed by atoms with van der Waals surface area (Å²) in [6.45, 7) is 3.42. The second kappa shape index (κ2) is 1.86. The molecule has 10 heavy (non-hydrogen) atoms. The van der Waals surface area contributed by atoms with E-state index in [1.54, 1.807) is 13.8 Å². The number of amidine groups is 1. The van der Waals surface area contributed by atoms with E-state index in [4.69, 9.17) is 0 Å². The predicted octanol–water partition coefficient (Wildman–Crippen LogP) is 0.482. The van der Waals surface area contributed by atoms with Gasteiger partial charge in [-0.1, -0.05) is 0 Å². The van der Waals surface area contributed by atoms with Gasteiger partial charge in [-0.2, -0.15) is 0 Å². The zero-order valence-electron chi connectivity index (χ0n) is 5.74. The number of rotatable bonds is 0. The largest absolute Gasteiger partial charge is 0.378 e. The lowest BCUT2D eigenvalue weighted by molar-refractivity contribution is -0.345.